The van der Waals surface area contributed by atoms with Crippen molar-refractivity contribution in [2.45, 2.75) is 52.2 Å². The number of aromatic nitrogens is 3. The Morgan fingerprint density at radius 1 is 1.10 bits per heavy atom. The number of methoxy groups -OCH3 is 3. The number of hydrogen-bond donors (Lipinski definition) is 3. The van der Waals surface area contributed by atoms with Crippen molar-refractivity contribution in [3.05, 3.63) is 57.8 Å². The van der Waals surface area contributed by atoms with E-state index in [0.717, 1.165) is 11.1 Å². The SMILES string of the molecule is COc1cc2c(c(OC)c1OC)-c1ccc(N[C@H](C(=O)NCc3ncn(C)n3)C(C)C)c(=O)cc1[C@@H](NC(C)=O)CC2. The van der Waals surface area contributed by atoms with Gasteiger partial charge in [0.2, 0.25) is 23.0 Å². The first-order chi connectivity index (χ1) is 20.1. The van der Waals surface area contributed by atoms with E-state index in [1.807, 2.05) is 26.0 Å². The van der Waals surface area contributed by atoms with Gasteiger partial charge in [0.25, 0.3) is 0 Å². The lowest BCUT2D eigenvalue weighted by Crippen LogP contribution is -2.43. The average molecular weight is 579 g/mol. The summed E-state index contributed by atoms with van der Waals surface area (Å²) < 4.78 is 18.6. The van der Waals surface area contributed by atoms with Crippen molar-refractivity contribution in [1.82, 2.24) is 25.4 Å². The number of rotatable bonds is 10. The summed E-state index contributed by atoms with van der Waals surface area (Å²) in [6, 6.07) is 5.77. The molecule has 12 nitrogen and oxygen atoms in total. The van der Waals surface area contributed by atoms with E-state index in [4.69, 9.17) is 14.2 Å². The number of amides is 2. The second-order valence-corrected chi connectivity index (χ2v) is 10.5. The third-order valence-electron chi connectivity index (χ3n) is 7.24. The Balaban J connectivity index is 1.80. The lowest BCUT2D eigenvalue weighted by Gasteiger charge is -2.22. The highest BCUT2D eigenvalue weighted by Crippen LogP contribution is 2.50. The van der Waals surface area contributed by atoms with Gasteiger partial charge in [-0.15, -0.1) is 0 Å². The maximum Gasteiger partial charge on any atom is 0.243 e. The van der Waals surface area contributed by atoms with E-state index in [0.29, 0.717) is 47.0 Å². The van der Waals surface area contributed by atoms with Crippen molar-refractivity contribution in [2.24, 2.45) is 13.0 Å². The Morgan fingerprint density at radius 3 is 2.43 bits per heavy atom. The minimum atomic E-state index is -0.707. The molecule has 12 heteroatoms. The van der Waals surface area contributed by atoms with Crippen LogP contribution in [0.25, 0.3) is 11.1 Å². The van der Waals surface area contributed by atoms with Crippen molar-refractivity contribution in [3.63, 3.8) is 0 Å². The molecule has 0 bridgehead atoms. The largest absolute Gasteiger partial charge is 0.493 e. The number of nitrogens with zero attached hydrogens (tertiary/aromatic N) is 3. The molecule has 2 amide bonds. The molecule has 1 aliphatic rings. The van der Waals surface area contributed by atoms with Gasteiger partial charge in [-0.25, -0.2) is 4.98 Å². The van der Waals surface area contributed by atoms with Crippen molar-refractivity contribution >= 4 is 17.5 Å². The monoisotopic (exact) mass is 578 g/mol. The molecule has 0 fully saturated rings. The van der Waals surface area contributed by atoms with E-state index in [9.17, 15) is 14.4 Å². The molecule has 0 unspecified atom stereocenters. The maximum atomic E-state index is 13.7. The summed E-state index contributed by atoms with van der Waals surface area (Å²) in [6.07, 6.45) is 2.70. The van der Waals surface area contributed by atoms with E-state index in [2.05, 4.69) is 26.0 Å². The summed E-state index contributed by atoms with van der Waals surface area (Å²) in [4.78, 5) is 43.2. The van der Waals surface area contributed by atoms with Crippen molar-refractivity contribution in [1.29, 1.82) is 0 Å². The van der Waals surface area contributed by atoms with Crippen molar-refractivity contribution < 1.29 is 23.8 Å². The van der Waals surface area contributed by atoms with Crippen LogP contribution in [0.1, 0.15) is 50.2 Å². The standard InChI is InChI=1S/C30H38N6O6/c1-16(2)27(30(39)31-14-25-32-15-36(4)35-25)34-22-11-9-19-20(13-23(22)38)21(33-17(3)37)10-8-18-12-24(40-5)28(41-6)29(42-7)26(18)19/h9,11-13,15-16,21,27H,8,10,14H2,1-7H3,(H,31,39)(H,33,37)(H,34,38)/t21-,27-/m0/s1. The number of nitrogens with one attached hydrogen (secondary N) is 3. The fourth-order valence-corrected chi connectivity index (χ4v) is 5.27. The zero-order valence-electron chi connectivity index (χ0n) is 25.0. The number of benzene rings is 1. The predicted octanol–water partition coefficient (Wildman–Crippen LogP) is 2.74. The van der Waals surface area contributed by atoms with Crippen LogP contribution in [0.2, 0.25) is 0 Å². The summed E-state index contributed by atoms with van der Waals surface area (Å²) in [5.74, 6) is 1.25. The number of fused-ring (bicyclic) bond motifs is 3. The number of ether oxygens (including phenoxy) is 3. The molecule has 1 aliphatic carbocycles. The fourth-order valence-electron chi connectivity index (χ4n) is 5.27. The van der Waals surface area contributed by atoms with E-state index < -0.39 is 12.1 Å². The van der Waals surface area contributed by atoms with Gasteiger partial charge in [0.15, 0.2) is 17.3 Å². The van der Waals surface area contributed by atoms with Gasteiger partial charge >= 0.3 is 0 Å². The Morgan fingerprint density at radius 2 is 1.83 bits per heavy atom. The van der Waals surface area contributed by atoms with Crippen LogP contribution in [0.4, 0.5) is 5.69 Å². The third-order valence-corrected chi connectivity index (χ3v) is 7.24. The molecule has 224 valence electrons. The summed E-state index contributed by atoms with van der Waals surface area (Å²) >= 11 is 0. The Hall–Kier alpha value is -4.61. The molecule has 2 atom stereocenters. The molecular formula is C30H38N6O6. The van der Waals surface area contributed by atoms with Crippen LogP contribution in [-0.2, 0) is 29.6 Å². The van der Waals surface area contributed by atoms with Gasteiger partial charge in [0.05, 0.1) is 39.6 Å². The van der Waals surface area contributed by atoms with Crippen LogP contribution >= 0.6 is 0 Å². The van der Waals surface area contributed by atoms with Gasteiger partial charge < -0.3 is 30.2 Å². The molecule has 1 aromatic heterocycles. The second kappa shape index (κ2) is 12.9. The van der Waals surface area contributed by atoms with Crippen LogP contribution in [-0.4, -0.2) is 54.0 Å². The molecule has 0 spiro atoms. The third kappa shape index (κ3) is 6.32. The number of hydrogen-bond acceptors (Lipinski definition) is 9. The van der Waals surface area contributed by atoms with E-state index >= 15 is 0 Å². The van der Waals surface area contributed by atoms with Crippen LogP contribution < -0.4 is 35.6 Å². The molecule has 3 N–H and O–H groups in total. The van der Waals surface area contributed by atoms with E-state index in [1.54, 1.807) is 38.3 Å². The Bertz CT molecular complexity index is 1540. The Kier molecular flexibility index (Phi) is 9.34. The number of carbonyl (C=O) groups excluding carboxylic acids is 2. The van der Waals surface area contributed by atoms with Gasteiger partial charge in [-0.3, -0.25) is 19.1 Å². The highest BCUT2D eigenvalue weighted by molar-refractivity contribution is 5.86. The topological polar surface area (TPSA) is 146 Å². The summed E-state index contributed by atoms with van der Waals surface area (Å²) in [7, 11) is 6.40. The molecule has 0 saturated heterocycles. The molecule has 42 heavy (non-hydrogen) atoms. The van der Waals surface area contributed by atoms with Crippen LogP contribution in [0.3, 0.4) is 0 Å². The van der Waals surface area contributed by atoms with Gasteiger partial charge in [-0.1, -0.05) is 19.9 Å². The average Bonchev–Trinajstić information content (AvgIpc) is 3.24. The first-order valence-electron chi connectivity index (χ1n) is 13.7. The van der Waals surface area contributed by atoms with Gasteiger partial charge in [0.1, 0.15) is 12.4 Å². The summed E-state index contributed by atoms with van der Waals surface area (Å²) in [5.41, 5.74) is 2.94. The highest BCUT2D eigenvalue weighted by Gasteiger charge is 2.30. The Labute approximate surface area is 244 Å². The van der Waals surface area contributed by atoms with Gasteiger partial charge in [0, 0.05) is 19.5 Å². The van der Waals surface area contributed by atoms with Crippen LogP contribution in [0.15, 0.2) is 35.4 Å². The lowest BCUT2D eigenvalue weighted by molar-refractivity contribution is -0.123. The van der Waals surface area contributed by atoms with Crippen LogP contribution in [0, 0.1) is 5.92 Å². The fraction of sp³-hybridized carbons (Fsp3) is 0.433. The maximum absolute atomic E-state index is 13.7. The minimum Gasteiger partial charge on any atom is -0.493 e. The predicted molar refractivity (Wildman–Crippen MR) is 158 cm³/mol. The van der Waals surface area contributed by atoms with E-state index in [1.165, 1.54) is 20.1 Å². The highest BCUT2D eigenvalue weighted by atomic mass is 16.5. The molecular weight excluding hydrogens is 540 g/mol. The zero-order chi connectivity index (χ0) is 30.6. The first kappa shape index (κ1) is 30.4. The molecule has 3 aromatic rings. The summed E-state index contributed by atoms with van der Waals surface area (Å²) in [5, 5.41) is 13.2. The minimum absolute atomic E-state index is 0.144. The summed E-state index contributed by atoms with van der Waals surface area (Å²) in [6.45, 7) is 5.40. The first-order valence-corrected chi connectivity index (χ1v) is 13.7. The number of anilines is 1. The van der Waals surface area contributed by atoms with Gasteiger partial charge in [-0.2, -0.15) is 5.10 Å². The van der Waals surface area contributed by atoms with E-state index in [-0.39, 0.29) is 35.4 Å². The van der Waals surface area contributed by atoms with Crippen molar-refractivity contribution in [2.75, 3.05) is 26.6 Å². The number of aryl methyl sites for hydroxylation is 2. The van der Waals surface area contributed by atoms with Crippen LogP contribution in [0.5, 0.6) is 17.2 Å². The molecule has 2 aromatic carbocycles. The normalized spacial score (nSPS) is 14.6. The van der Waals surface area contributed by atoms with Crippen molar-refractivity contribution in [3.8, 4) is 28.4 Å². The quantitative estimate of drug-likeness (QED) is 0.331. The molecule has 0 saturated carbocycles. The molecule has 0 radical (unpaired) electrons. The second-order valence-electron chi connectivity index (χ2n) is 10.5. The zero-order valence-corrected chi connectivity index (χ0v) is 25.0. The molecule has 1 heterocycles. The molecule has 4 rings (SSSR count). The van der Waals surface area contributed by atoms with Gasteiger partial charge in [-0.05, 0) is 53.6 Å². The molecule has 0 aliphatic heterocycles. The number of carbonyl (C=O) groups is 2. The lowest BCUT2D eigenvalue weighted by atomic mass is 9.95. The smallest absolute Gasteiger partial charge is 0.243 e.